The smallest absolute Gasteiger partial charge is 0.407 e. The van der Waals surface area contributed by atoms with Crippen molar-refractivity contribution in [2.75, 3.05) is 6.61 Å². The van der Waals surface area contributed by atoms with E-state index < -0.39 is 18.1 Å². The fraction of sp³-hybridized carbons (Fsp3) is 0.222. The van der Waals surface area contributed by atoms with Gasteiger partial charge in [0.2, 0.25) is 5.91 Å². The van der Waals surface area contributed by atoms with Crippen LogP contribution in [-0.4, -0.2) is 35.7 Å². The van der Waals surface area contributed by atoms with Gasteiger partial charge >= 0.3 is 12.1 Å². The lowest BCUT2D eigenvalue weighted by molar-refractivity contribution is -0.121. The first-order valence-corrected chi connectivity index (χ1v) is 11.1. The fourth-order valence-electron chi connectivity index (χ4n) is 4.21. The molecule has 174 valence electrons. The predicted octanol–water partition coefficient (Wildman–Crippen LogP) is 4.32. The van der Waals surface area contributed by atoms with Crippen molar-refractivity contribution in [1.82, 2.24) is 10.6 Å². The third-order valence-corrected chi connectivity index (χ3v) is 5.89. The number of carboxylic acid groups (broad SMARTS) is 1. The normalized spacial score (nSPS) is 12.9. The maximum atomic E-state index is 12.4. The third-order valence-electron chi connectivity index (χ3n) is 5.89. The topological polar surface area (TPSA) is 105 Å². The largest absolute Gasteiger partial charge is 0.478 e. The van der Waals surface area contributed by atoms with Crippen molar-refractivity contribution in [3.8, 4) is 11.1 Å². The van der Waals surface area contributed by atoms with Gasteiger partial charge in [0.1, 0.15) is 6.61 Å². The van der Waals surface area contributed by atoms with Crippen LogP contribution in [0.4, 0.5) is 4.79 Å². The summed E-state index contributed by atoms with van der Waals surface area (Å²) in [5, 5.41) is 14.4. The number of aromatic carboxylic acids is 1. The Labute approximate surface area is 197 Å². The number of carboxylic acids is 1. The maximum Gasteiger partial charge on any atom is 0.407 e. The summed E-state index contributed by atoms with van der Waals surface area (Å²) in [6.45, 7) is 2.23. The Morgan fingerprint density at radius 1 is 0.912 bits per heavy atom. The Morgan fingerprint density at radius 2 is 1.50 bits per heavy atom. The average Bonchev–Trinajstić information content (AvgIpc) is 3.15. The van der Waals surface area contributed by atoms with Crippen molar-refractivity contribution in [3.05, 3.63) is 95.1 Å². The van der Waals surface area contributed by atoms with Gasteiger partial charge in [-0.1, -0.05) is 60.7 Å². The Hall–Kier alpha value is -4.13. The van der Waals surface area contributed by atoms with E-state index in [1.54, 1.807) is 19.1 Å². The Balaban J connectivity index is 1.24. The number of benzene rings is 3. The summed E-state index contributed by atoms with van der Waals surface area (Å²) in [7, 11) is 0. The molecule has 1 aliphatic rings. The molecule has 0 saturated heterocycles. The van der Waals surface area contributed by atoms with Crippen molar-refractivity contribution < 1.29 is 24.2 Å². The van der Waals surface area contributed by atoms with E-state index >= 15 is 0 Å². The molecule has 0 aromatic heterocycles. The van der Waals surface area contributed by atoms with Gasteiger partial charge in [-0.3, -0.25) is 4.79 Å². The van der Waals surface area contributed by atoms with E-state index in [2.05, 4.69) is 34.9 Å². The molecule has 0 aliphatic heterocycles. The SMILES string of the molecule is CC(CC(=O)NCc1ccc(C(=O)O)cc1)NC(=O)OCC1c2ccccc2-c2ccccc21. The molecule has 0 bridgehead atoms. The lowest BCUT2D eigenvalue weighted by Gasteiger charge is -2.17. The zero-order valence-corrected chi connectivity index (χ0v) is 18.8. The van der Waals surface area contributed by atoms with Crippen LogP contribution in [0.1, 0.15) is 46.3 Å². The molecule has 34 heavy (non-hydrogen) atoms. The number of carbonyl (C=O) groups is 3. The molecular formula is C27H26N2O5. The summed E-state index contributed by atoms with van der Waals surface area (Å²) in [6.07, 6.45) is -0.469. The predicted molar refractivity (Wildman–Crippen MR) is 128 cm³/mol. The second-order valence-corrected chi connectivity index (χ2v) is 8.35. The number of rotatable bonds is 8. The molecule has 1 atom stereocenters. The quantitative estimate of drug-likeness (QED) is 0.466. The molecule has 3 N–H and O–H groups in total. The van der Waals surface area contributed by atoms with Crippen LogP contribution in [0, 0.1) is 0 Å². The molecule has 1 aliphatic carbocycles. The summed E-state index contributed by atoms with van der Waals surface area (Å²) >= 11 is 0. The first kappa shape index (κ1) is 23.0. The second kappa shape index (κ2) is 10.2. The molecule has 7 heteroatoms. The molecule has 0 heterocycles. The van der Waals surface area contributed by atoms with Gasteiger partial charge in [-0.2, -0.15) is 0 Å². The highest BCUT2D eigenvalue weighted by Crippen LogP contribution is 2.44. The van der Waals surface area contributed by atoms with Gasteiger partial charge < -0.3 is 20.5 Å². The van der Waals surface area contributed by atoms with Crippen LogP contribution in [0.3, 0.4) is 0 Å². The van der Waals surface area contributed by atoms with Gasteiger partial charge in [-0.25, -0.2) is 9.59 Å². The molecule has 0 spiro atoms. The molecule has 2 amide bonds. The van der Waals surface area contributed by atoms with Crippen LogP contribution < -0.4 is 10.6 Å². The lowest BCUT2D eigenvalue weighted by Crippen LogP contribution is -2.37. The van der Waals surface area contributed by atoms with Crippen LogP contribution in [0.25, 0.3) is 11.1 Å². The van der Waals surface area contributed by atoms with E-state index in [0.717, 1.165) is 27.8 Å². The number of amides is 2. The van der Waals surface area contributed by atoms with Crippen molar-refractivity contribution in [2.24, 2.45) is 0 Å². The highest BCUT2D eigenvalue weighted by Gasteiger charge is 2.29. The number of fused-ring (bicyclic) bond motifs is 3. The number of alkyl carbamates (subject to hydrolysis) is 1. The minimum absolute atomic E-state index is 0.0238. The second-order valence-electron chi connectivity index (χ2n) is 8.35. The molecule has 7 nitrogen and oxygen atoms in total. The summed E-state index contributed by atoms with van der Waals surface area (Å²) < 4.78 is 5.52. The highest BCUT2D eigenvalue weighted by atomic mass is 16.5. The molecule has 4 rings (SSSR count). The van der Waals surface area contributed by atoms with Crippen molar-refractivity contribution in [3.63, 3.8) is 0 Å². The number of hydrogen-bond acceptors (Lipinski definition) is 4. The van der Waals surface area contributed by atoms with E-state index in [4.69, 9.17) is 9.84 Å². The van der Waals surface area contributed by atoms with E-state index in [-0.39, 0.29) is 37.0 Å². The van der Waals surface area contributed by atoms with Crippen molar-refractivity contribution in [1.29, 1.82) is 0 Å². The molecule has 1 unspecified atom stereocenters. The summed E-state index contributed by atoms with van der Waals surface area (Å²) in [5.41, 5.74) is 5.58. The summed E-state index contributed by atoms with van der Waals surface area (Å²) in [6, 6.07) is 22.1. The fourth-order valence-corrected chi connectivity index (χ4v) is 4.21. The molecule has 0 saturated carbocycles. The Kier molecular flexibility index (Phi) is 6.92. The monoisotopic (exact) mass is 458 g/mol. The maximum absolute atomic E-state index is 12.4. The first-order valence-electron chi connectivity index (χ1n) is 11.1. The van der Waals surface area contributed by atoms with Crippen LogP contribution in [-0.2, 0) is 16.1 Å². The van der Waals surface area contributed by atoms with Gasteiger partial charge in [0.05, 0.1) is 5.56 Å². The lowest BCUT2D eigenvalue weighted by atomic mass is 9.98. The van der Waals surface area contributed by atoms with Gasteiger partial charge in [-0.15, -0.1) is 0 Å². The van der Waals surface area contributed by atoms with E-state index in [1.807, 2.05) is 24.3 Å². The average molecular weight is 459 g/mol. The Morgan fingerprint density at radius 3 is 2.09 bits per heavy atom. The van der Waals surface area contributed by atoms with E-state index in [0.29, 0.717) is 0 Å². The molecular weight excluding hydrogens is 432 g/mol. The zero-order valence-electron chi connectivity index (χ0n) is 18.8. The molecule has 0 radical (unpaired) electrons. The molecule has 3 aromatic rings. The number of hydrogen-bond donors (Lipinski definition) is 3. The summed E-state index contributed by atoms with van der Waals surface area (Å²) in [5.74, 6) is -1.25. The van der Waals surface area contributed by atoms with E-state index in [9.17, 15) is 14.4 Å². The minimum atomic E-state index is -0.997. The standard InChI is InChI=1S/C27H26N2O5/c1-17(14-25(30)28-15-18-10-12-19(13-11-18)26(31)32)29-27(33)34-16-24-22-8-4-2-6-20(22)21-7-3-5-9-23(21)24/h2-13,17,24H,14-16H2,1H3,(H,28,30)(H,29,33)(H,31,32). The minimum Gasteiger partial charge on any atom is -0.478 e. The number of carbonyl (C=O) groups excluding carboxylic acids is 2. The van der Waals surface area contributed by atoms with Gasteiger partial charge in [0.25, 0.3) is 0 Å². The highest BCUT2D eigenvalue weighted by molar-refractivity contribution is 5.87. The molecule has 3 aromatic carbocycles. The number of nitrogens with one attached hydrogen (secondary N) is 2. The van der Waals surface area contributed by atoms with E-state index in [1.165, 1.54) is 12.1 Å². The van der Waals surface area contributed by atoms with Crippen LogP contribution >= 0.6 is 0 Å². The zero-order chi connectivity index (χ0) is 24.1. The van der Waals surface area contributed by atoms with Crippen LogP contribution in [0.5, 0.6) is 0 Å². The van der Waals surface area contributed by atoms with Crippen LogP contribution in [0.15, 0.2) is 72.8 Å². The van der Waals surface area contributed by atoms with Gasteiger partial charge in [0, 0.05) is 24.9 Å². The number of ether oxygens (including phenoxy) is 1. The van der Waals surface area contributed by atoms with Crippen LogP contribution in [0.2, 0.25) is 0 Å². The summed E-state index contributed by atoms with van der Waals surface area (Å²) in [4.78, 5) is 35.5. The van der Waals surface area contributed by atoms with Crippen molar-refractivity contribution in [2.45, 2.75) is 31.8 Å². The molecule has 0 fully saturated rings. The van der Waals surface area contributed by atoms with Gasteiger partial charge in [-0.05, 0) is 46.9 Å². The van der Waals surface area contributed by atoms with Crippen molar-refractivity contribution >= 4 is 18.0 Å². The Bertz CT molecular complexity index is 1160. The third kappa shape index (κ3) is 5.26. The van der Waals surface area contributed by atoms with Gasteiger partial charge in [0.15, 0.2) is 0 Å². The first-order chi connectivity index (χ1) is 16.4.